The molecule has 0 N–H and O–H groups in total. The number of hydrogen-bond acceptors (Lipinski definition) is 6. The van der Waals surface area contributed by atoms with Crippen LogP contribution in [0.1, 0.15) is 54.2 Å². The molecule has 201 valence electrons. The van der Waals surface area contributed by atoms with Crippen LogP contribution < -0.4 is 13.9 Å². The number of likely N-dealkylation sites (tertiary alicyclic amines) is 1. The molecule has 38 heavy (non-hydrogen) atoms. The molecule has 0 unspecified atom stereocenters. The second-order valence-corrected chi connectivity index (χ2v) is 14.5. The Bertz CT molecular complexity index is 1300. The number of esters is 1. The third kappa shape index (κ3) is 3.73. The van der Waals surface area contributed by atoms with Gasteiger partial charge in [0.2, 0.25) is 0 Å². The first-order chi connectivity index (χ1) is 18.0. The lowest BCUT2D eigenvalue weighted by Gasteiger charge is -2.56. The Morgan fingerprint density at radius 1 is 1.16 bits per heavy atom. The van der Waals surface area contributed by atoms with E-state index in [-0.39, 0.29) is 22.9 Å². The monoisotopic (exact) mass is 532 g/mol. The SMILES string of the molecule is COc1ccc(C(=O)O[C@H]2C=C[C@H]3[C@H]4Cc5c(O[Si](C)C)cc(C(C)(C)C)c6c5[C@@]3(CCN4C)[C@H]2O6)cc1. The zero-order valence-corrected chi connectivity index (χ0v) is 24.5. The molecule has 1 radical (unpaired) electrons. The van der Waals surface area contributed by atoms with E-state index in [1.165, 1.54) is 16.7 Å². The molecule has 4 aliphatic rings. The highest BCUT2D eigenvalue weighted by Crippen LogP contribution is 2.64. The number of rotatable bonds is 5. The molecule has 2 aliphatic heterocycles. The first-order valence-electron chi connectivity index (χ1n) is 13.6. The van der Waals surface area contributed by atoms with Crippen LogP contribution in [0.25, 0.3) is 0 Å². The Balaban J connectivity index is 1.47. The fourth-order valence-electron chi connectivity index (χ4n) is 7.18. The van der Waals surface area contributed by atoms with Crippen molar-refractivity contribution in [1.82, 2.24) is 4.90 Å². The van der Waals surface area contributed by atoms with Gasteiger partial charge >= 0.3 is 5.97 Å². The van der Waals surface area contributed by atoms with E-state index < -0.39 is 15.1 Å². The summed E-state index contributed by atoms with van der Waals surface area (Å²) in [6.45, 7) is 12.1. The molecule has 7 heteroatoms. The van der Waals surface area contributed by atoms with E-state index in [2.05, 4.69) is 64.0 Å². The van der Waals surface area contributed by atoms with Gasteiger partial charge in [0.25, 0.3) is 9.04 Å². The Morgan fingerprint density at radius 2 is 1.89 bits per heavy atom. The molecule has 2 bridgehead atoms. The predicted molar refractivity (Wildman–Crippen MR) is 149 cm³/mol. The van der Waals surface area contributed by atoms with Crippen LogP contribution >= 0.6 is 0 Å². The molecule has 1 fully saturated rings. The maximum absolute atomic E-state index is 13.3. The molecule has 0 aromatic heterocycles. The van der Waals surface area contributed by atoms with Crippen molar-refractivity contribution in [3.05, 3.63) is 64.7 Å². The summed E-state index contributed by atoms with van der Waals surface area (Å²) in [4.78, 5) is 15.8. The topological polar surface area (TPSA) is 57.2 Å². The van der Waals surface area contributed by atoms with E-state index >= 15 is 0 Å². The smallest absolute Gasteiger partial charge is 0.338 e. The Labute approximate surface area is 227 Å². The van der Waals surface area contributed by atoms with Crippen LogP contribution in [0.4, 0.5) is 0 Å². The predicted octanol–water partition coefficient (Wildman–Crippen LogP) is 5.29. The summed E-state index contributed by atoms with van der Waals surface area (Å²) in [7, 11) is 2.89. The zero-order chi connectivity index (χ0) is 27.0. The first-order valence-corrected chi connectivity index (χ1v) is 16.0. The van der Waals surface area contributed by atoms with Gasteiger partial charge in [-0.25, -0.2) is 4.79 Å². The van der Waals surface area contributed by atoms with Gasteiger partial charge in [-0.1, -0.05) is 26.8 Å². The highest BCUT2D eigenvalue weighted by Gasteiger charge is 2.65. The number of likely N-dealkylation sites (N-methyl/N-ethyl adjacent to an activating group) is 1. The van der Waals surface area contributed by atoms with Gasteiger partial charge in [0.15, 0.2) is 6.10 Å². The van der Waals surface area contributed by atoms with Gasteiger partial charge in [-0.05, 0) is 81.4 Å². The van der Waals surface area contributed by atoms with Crippen molar-refractivity contribution in [1.29, 1.82) is 0 Å². The zero-order valence-electron chi connectivity index (χ0n) is 23.5. The highest BCUT2D eigenvalue weighted by molar-refractivity contribution is 6.49. The lowest BCUT2D eigenvalue weighted by Crippen LogP contribution is -2.65. The molecule has 2 aromatic carbocycles. The van der Waals surface area contributed by atoms with Crippen molar-refractivity contribution in [2.75, 3.05) is 20.7 Å². The fraction of sp³-hybridized carbons (Fsp3) is 0.516. The molecule has 6 rings (SSSR count). The van der Waals surface area contributed by atoms with Crippen LogP contribution in [0.3, 0.4) is 0 Å². The minimum atomic E-state index is -0.956. The Kier molecular flexibility index (Phi) is 5.96. The average molecular weight is 533 g/mol. The maximum atomic E-state index is 13.3. The van der Waals surface area contributed by atoms with Crippen molar-refractivity contribution in [3.8, 4) is 17.2 Å². The highest BCUT2D eigenvalue weighted by atomic mass is 28.3. The molecule has 0 saturated carbocycles. The van der Waals surface area contributed by atoms with E-state index in [0.717, 1.165) is 30.9 Å². The number of ether oxygens (including phenoxy) is 3. The largest absolute Gasteiger partial charge is 0.542 e. The van der Waals surface area contributed by atoms with Crippen LogP contribution in [0.5, 0.6) is 17.2 Å². The summed E-state index contributed by atoms with van der Waals surface area (Å²) in [5.74, 6) is 2.68. The van der Waals surface area contributed by atoms with Crippen molar-refractivity contribution < 1.29 is 23.4 Å². The molecular weight excluding hydrogens is 494 g/mol. The first kappa shape index (κ1) is 25.5. The molecule has 1 spiro atoms. The molecular formula is C31H38NO5Si. The number of carbonyl (C=O) groups is 1. The Hall–Kier alpha value is -2.77. The van der Waals surface area contributed by atoms with Crippen molar-refractivity contribution in [3.63, 3.8) is 0 Å². The van der Waals surface area contributed by atoms with Crippen molar-refractivity contribution >= 4 is 15.0 Å². The molecule has 2 aliphatic carbocycles. The quantitative estimate of drug-likeness (QED) is 0.296. The molecule has 2 heterocycles. The number of hydrogen-bond donors (Lipinski definition) is 0. The lowest BCUT2D eigenvalue weighted by molar-refractivity contribution is -0.0556. The summed E-state index contributed by atoms with van der Waals surface area (Å²) in [5, 5.41) is 0. The number of methoxy groups -OCH3 is 1. The summed E-state index contributed by atoms with van der Waals surface area (Å²) in [5.41, 5.74) is 3.93. The minimum Gasteiger partial charge on any atom is -0.542 e. The summed E-state index contributed by atoms with van der Waals surface area (Å²) in [6, 6.07) is 9.66. The summed E-state index contributed by atoms with van der Waals surface area (Å²) >= 11 is 0. The van der Waals surface area contributed by atoms with Crippen LogP contribution in [0.15, 0.2) is 42.5 Å². The number of benzene rings is 2. The van der Waals surface area contributed by atoms with Crippen LogP contribution in [0.2, 0.25) is 13.1 Å². The Morgan fingerprint density at radius 3 is 2.55 bits per heavy atom. The van der Waals surface area contributed by atoms with Gasteiger partial charge in [-0.2, -0.15) is 0 Å². The molecule has 0 amide bonds. The van der Waals surface area contributed by atoms with E-state index in [1.807, 2.05) is 0 Å². The third-order valence-corrected chi connectivity index (χ3v) is 9.56. The number of piperidine rings is 1. The summed E-state index contributed by atoms with van der Waals surface area (Å²) < 4.78 is 25.0. The molecule has 6 nitrogen and oxygen atoms in total. The second-order valence-electron chi connectivity index (χ2n) is 12.5. The van der Waals surface area contributed by atoms with E-state index in [0.29, 0.717) is 23.3 Å². The van der Waals surface area contributed by atoms with Gasteiger partial charge < -0.3 is 23.5 Å². The van der Waals surface area contributed by atoms with Gasteiger partial charge in [0.05, 0.1) is 12.7 Å². The number of nitrogens with zero attached hydrogens (tertiary/aromatic N) is 1. The summed E-state index contributed by atoms with van der Waals surface area (Å²) in [6.07, 6.45) is 5.54. The van der Waals surface area contributed by atoms with E-state index in [1.54, 1.807) is 31.4 Å². The van der Waals surface area contributed by atoms with Crippen molar-refractivity contribution in [2.24, 2.45) is 5.92 Å². The fourth-order valence-corrected chi connectivity index (χ4v) is 7.80. The van der Waals surface area contributed by atoms with Gasteiger partial charge in [0, 0.05) is 34.1 Å². The molecule has 1 saturated heterocycles. The third-order valence-electron chi connectivity index (χ3n) is 8.93. The number of carbonyl (C=O) groups excluding carboxylic acids is 1. The second kappa shape index (κ2) is 8.88. The maximum Gasteiger partial charge on any atom is 0.338 e. The van der Waals surface area contributed by atoms with Crippen LogP contribution in [0, 0.1) is 5.92 Å². The van der Waals surface area contributed by atoms with Gasteiger partial charge in [-0.15, -0.1) is 0 Å². The van der Waals surface area contributed by atoms with E-state index in [9.17, 15) is 4.79 Å². The average Bonchev–Trinajstić information content (AvgIpc) is 3.21. The minimum absolute atomic E-state index is 0.124. The van der Waals surface area contributed by atoms with Crippen LogP contribution in [-0.2, 0) is 22.0 Å². The molecule has 5 atom stereocenters. The lowest BCUT2D eigenvalue weighted by atomic mass is 9.53. The van der Waals surface area contributed by atoms with Crippen LogP contribution in [-0.4, -0.2) is 58.9 Å². The van der Waals surface area contributed by atoms with Crippen molar-refractivity contribution in [2.45, 2.75) is 75.8 Å². The standard InChI is InChI=1S/C31H38NO5Si/c1-30(2,3)22-17-25(37-38(6)7)20-16-23-21-12-13-24(35-29(33)18-8-10-19(34-5)11-9-18)28-31(21,14-15-32(23)4)26(20)27(22)36-28/h8-13,17,21,23-24,28H,14-16H2,1-7H3/t21-,23+,24-,28-,31-/m0/s1. The molecule has 2 aromatic rings. The normalized spacial score (nSPS) is 29.1. The van der Waals surface area contributed by atoms with Gasteiger partial charge in [0.1, 0.15) is 23.4 Å². The van der Waals surface area contributed by atoms with Gasteiger partial charge in [-0.3, -0.25) is 0 Å². The van der Waals surface area contributed by atoms with E-state index in [4.69, 9.17) is 18.6 Å².